The number of hydrazine groups is 1. The molecule has 0 bridgehead atoms. The van der Waals surface area contributed by atoms with Gasteiger partial charge in [-0.3, -0.25) is 29.3 Å². The molecular formula is C24H16ClN3O6. The molecule has 0 radical (unpaired) electrons. The number of carbonyl (C=O) groups is 4. The lowest BCUT2D eigenvalue weighted by Crippen LogP contribution is -2.56. The molecule has 0 aliphatic carbocycles. The quantitative estimate of drug-likeness (QED) is 0.227. The molecule has 0 fully saturated rings. The average molecular weight is 478 g/mol. The Kier molecular flexibility index (Phi) is 5.95. The zero-order chi connectivity index (χ0) is 24.6. The Morgan fingerprint density at radius 3 is 2.18 bits per heavy atom. The minimum atomic E-state index is -1.30. The van der Waals surface area contributed by atoms with E-state index in [0.717, 1.165) is 11.1 Å². The number of rotatable bonds is 6. The van der Waals surface area contributed by atoms with Crippen molar-refractivity contribution >= 4 is 40.8 Å². The highest BCUT2D eigenvalue weighted by Gasteiger charge is 2.48. The number of halogens is 1. The monoisotopic (exact) mass is 477 g/mol. The lowest BCUT2D eigenvalue weighted by molar-refractivity contribution is -0.385. The standard InChI is InChI=1S/C24H16ClN3O6/c1-14(21(29)15-6-3-2-4-7-15)26(22(30)16-10-12-17(25)13-11-16)27-23(31)18-8-5-9-19(28(33)34)20(18)24(27)32/h2-14H,1H3/t14-/m1/s1. The molecule has 3 amide bonds. The third kappa shape index (κ3) is 3.82. The maximum Gasteiger partial charge on any atom is 0.287 e. The van der Waals surface area contributed by atoms with Crippen LogP contribution in [0.15, 0.2) is 72.8 Å². The number of ketones is 1. The van der Waals surface area contributed by atoms with Crippen LogP contribution in [-0.4, -0.2) is 44.5 Å². The molecule has 1 aliphatic rings. The number of hydrogen-bond donors (Lipinski definition) is 0. The Labute approximate surface area is 198 Å². The molecule has 0 saturated carbocycles. The van der Waals surface area contributed by atoms with Crippen LogP contribution in [0.1, 0.15) is 48.4 Å². The van der Waals surface area contributed by atoms with Gasteiger partial charge in [0.15, 0.2) is 5.78 Å². The molecule has 34 heavy (non-hydrogen) atoms. The van der Waals surface area contributed by atoms with Crippen LogP contribution in [0.3, 0.4) is 0 Å². The summed E-state index contributed by atoms with van der Waals surface area (Å²) in [5.74, 6) is -3.37. The molecule has 1 aliphatic heterocycles. The molecule has 170 valence electrons. The van der Waals surface area contributed by atoms with Crippen LogP contribution in [0.5, 0.6) is 0 Å². The number of carbonyl (C=O) groups excluding carboxylic acids is 4. The molecule has 3 aromatic carbocycles. The van der Waals surface area contributed by atoms with Gasteiger partial charge in [0.25, 0.3) is 23.4 Å². The third-order valence-electron chi connectivity index (χ3n) is 5.39. The number of amides is 3. The summed E-state index contributed by atoms with van der Waals surface area (Å²) in [4.78, 5) is 64.0. The van der Waals surface area contributed by atoms with Crippen molar-refractivity contribution in [3.05, 3.63) is 110 Å². The molecule has 9 nitrogen and oxygen atoms in total. The second kappa shape index (κ2) is 8.87. The van der Waals surface area contributed by atoms with Crippen molar-refractivity contribution in [2.24, 2.45) is 0 Å². The first-order valence-electron chi connectivity index (χ1n) is 10.1. The largest absolute Gasteiger partial charge is 0.292 e. The van der Waals surface area contributed by atoms with Crippen molar-refractivity contribution in [1.82, 2.24) is 10.0 Å². The lowest BCUT2D eigenvalue weighted by atomic mass is 10.0. The second-order valence-corrected chi connectivity index (χ2v) is 7.88. The molecule has 1 heterocycles. The number of nitrogens with zero attached hydrogens (tertiary/aromatic N) is 3. The van der Waals surface area contributed by atoms with Gasteiger partial charge in [-0.25, -0.2) is 5.01 Å². The Bertz CT molecular complexity index is 1340. The van der Waals surface area contributed by atoms with Crippen LogP contribution in [0, 0.1) is 10.1 Å². The van der Waals surface area contributed by atoms with Crippen molar-refractivity contribution in [2.45, 2.75) is 13.0 Å². The lowest BCUT2D eigenvalue weighted by Gasteiger charge is -2.34. The molecular weight excluding hydrogens is 462 g/mol. The van der Waals surface area contributed by atoms with Crippen molar-refractivity contribution < 1.29 is 24.1 Å². The highest BCUT2D eigenvalue weighted by atomic mass is 35.5. The van der Waals surface area contributed by atoms with E-state index in [1.807, 2.05) is 0 Å². The van der Waals surface area contributed by atoms with Crippen molar-refractivity contribution in [3.8, 4) is 0 Å². The summed E-state index contributed by atoms with van der Waals surface area (Å²) in [5, 5.41) is 13.1. The predicted octanol–water partition coefficient (Wildman–Crippen LogP) is 4.17. The summed E-state index contributed by atoms with van der Waals surface area (Å²) in [6.07, 6.45) is 0. The van der Waals surface area contributed by atoms with Gasteiger partial charge >= 0.3 is 0 Å². The van der Waals surface area contributed by atoms with E-state index in [2.05, 4.69) is 0 Å². The maximum absolute atomic E-state index is 13.5. The number of nitro groups is 1. The average Bonchev–Trinajstić information content (AvgIpc) is 3.09. The van der Waals surface area contributed by atoms with E-state index in [9.17, 15) is 29.3 Å². The van der Waals surface area contributed by atoms with Gasteiger partial charge in [-0.15, -0.1) is 0 Å². The Balaban J connectivity index is 1.83. The predicted molar refractivity (Wildman–Crippen MR) is 121 cm³/mol. The van der Waals surface area contributed by atoms with E-state index < -0.39 is 45.7 Å². The second-order valence-electron chi connectivity index (χ2n) is 7.44. The molecule has 1 atom stereocenters. The first kappa shape index (κ1) is 22.8. The van der Waals surface area contributed by atoms with E-state index in [1.54, 1.807) is 18.2 Å². The molecule has 4 rings (SSSR count). The number of fused-ring (bicyclic) bond motifs is 1. The summed E-state index contributed by atoms with van der Waals surface area (Å²) in [6.45, 7) is 1.38. The summed E-state index contributed by atoms with van der Waals surface area (Å²) in [6, 6.07) is 16.1. The summed E-state index contributed by atoms with van der Waals surface area (Å²) >= 11 is 5.91. The van der Waals surface area contributed by atoms with Crippen molar-refractivity contribution in [1.29, 1.82) is 0 Å². The minimum Gasteiger partial charge on any atom is -0.292 e. The third-order valence-corrected chi connectivity index (χ3v) is 5.64. The molecule has 0 saturated heterocycles. The van der Waals surface area contributed by atoms with E-state index >= 15 is 0 Å². The zero-order valence-corrected chi connectivity index (χ0v) is 18.4. The highest BCUT2D eigenvalue weighted by molar-refractivity contribution is 6.30. The van der Waals surface area contributed by atoms with Gasteiger partial charge < -0.3 is 0 Å². The van der Waals surface area contributed by atoms with E-state index in [0.29, 0.717) is 10.0 Å². The maximum atomic E-state index is 13.5. The number of hydrogen-bond acceptors (Lipinski definition) is 6. The molecule has 0 unspecified atom stereocenters. The molecule has 0 N–H and O–H groups in total. The van der Waals surface area contributed by atoms with Gasteiger partial charge in [0, 0.05) is 22.2 Å². The van der Waals surface area contributed by atoms with E-state index in [-0.39, 0.29) is 16.7 Å². The van der Waals surface area contributed by atoms with Crippen molar-refractivity contribution in [2.75, 3.05) is 0 Å². The normalized spacial score (nSPS) is 13.4. The first-order valence-corrected chi connectivity index (χ1v) is 10.4. The summed E-state index contributed by atoms with van der Waals surface area (Å²) < 4.78 is 0. The Morgan fingerprint density at radius 2 is 1.56 bits per heavy atom. The summed E-state index contributed by atoms with van der Waals surface area (Å²) in [5.41, 5.74) is -0.924. The van der Waals surface area contributed by atoms with Crippen molar-refractivity contribution in [3.63, 3.8) is 0 Å². The minimum absolute atomic E-state index is 0.0585. The highest BCUT2D eigenvalue weighted by Crippen LogP contribution is 2.33. The SMILES string of the molecule is C[C@H](C(=O)c1ccccc1)N(C(=O)c1ccc(Cl)cc1)N1C(=O)c2cccc([N+](=O)[O-])c2C1=O. The molecule has 0 aromatic heterocycles. The van der Waals surface area contributed by atoms with Crippen LogP contribution in [0.2, 0.25) is 5.02 Å². The molecule has 10 heteroatoms. The molecule has 3 aromatic rings. The molecule has 0 spiro atoms. The van der Waals surface area contributed by atoms with Gasteiger partial charge in [0.2, 0.25) is 0 Å². The number of benzene rings is 3. The fourth-order valence-corrected chi connectivity index (χ4v) is 3.85. The van der Waals surface area contributed by atoms with Crippen LogP contribution in [0.25, 0.3) is 0 Å². The van der Waals surface area contributed by atoms with Gasteiger partial charge in [-0.2, -0.15) is 5.01 Å². The smallest absolute Gasteiger partial charge is 0.287 e. The Morgan fingerprint density at radius 1 is 0.912 bits per heavy atom. The zero-order valence-electron chi connectivity index (χ0n) is 17.7. The van der Waals surface area contributed by atoms with E-state index in [1.165, 1.54) is 55.5 Å². The first-order chi connectivity index (χ1) is 16.2. The van der Waals surface area contributed by atoms with Crippen LogP contribution in [0.4, 0.5) is 5.69 Å². The Hall–Kier alpha value is -4.37. The van der Waals surface area contributed by atoms with Gasteiger partial charge in [-0.1, -0.05) is 48.0 Å². The topological polar surface area (TPSA) is 118 Å². The number of imide groups is 1. The summed E-state index contributed by atoms with van der Waals surface area (Å²) in [7, 11) is 0. The van der Waals surface area contributed by atoms with Gasteiger partial charge in [0.05, 0.1) is 10.5 Å². The number of Topliss-reactive ketones (excluding diaryl/α,β-unsaturated/α-hetero) is 1. The van der Waals surface area contributed by atoms with E-state index in [4.69, 9.17) is 11.6 Å². The van der Waals surface area contributed by atoms with Crippen LogP contribution < -0.4 is 0 Å². The fraction of sp³-hybridized carbons (Fsp3) is 0.0833. The van der Waals surface area contributed by atoms with Gasteiger partial charge in [0.1, 0.15) is 11.6 Å². The number of nitro benzene ring substituents is 1. The van der Waals surface area contributed by atoms with Gasteiger partial charge in [-0.05, 0) is 37.3 Å². The fourth-order valence-electron chi connectivity index (χ4n) is 3.72. The van der Waals surface area contributed by atoms with Crippen LogP contribution >= 0.6 is 11.6 Å². The van der Waals surface area contributed by atoms with Crippen LogP contribution in [-0.2, 0) is 0 Å².